The van der Waals surface area contributed by atoms with Crippen molar-refractivity contribution < 1.29 is 28.6 Å². The number of hydrogen-bond donors (Lipinski definition) is 0. The van der Waals surface area contributed by atoms with Crippen LogP contribution in [-0.4, -0.2) is 37.2 Å². The fourth-order valence-electron chi connectivity index (χ4n) is 9.08. The third-order valence-electron chi connectivity index (χ3n) is 13.7. The maximum atomic E-state index is 12.9. The lowest BCUT2D eigenvalue weighted by Gasteiger charge is -2.18. The normalized spacial score (nSPS) is 12.1. The molecule has 0 spiro atoms. The summed E-state index contributed by atoms with van der Waals surface area (Å²) in [5.41, 5.74) is 0. The first-order chi connectivity index (χ1) is 33.5. The van der Waals surface area contributed by atoms with Gasteiger partial charge in [-0.3, -0.25) is 14.4 Å². The van der Waals surface area contributed by atoms with Gasteiger partial charge in [0.15, 0.2) is 6.10 Å². The first-order valence-corrected chi connectivity index (χ1v) is 30.3. The molecule has 0 aromatic rings. The molecule has 0 heterocycles. The molecule has 6 nitrogen and oxygen atoms in total. The molecule has 0 saturated carbocycles. The summed E-state index contributed by atoms with van der Waals surface area (Å²) >= 11 is 0. The lowest BCUT2D eigenvalue weighted by Crippen LogP contribution is -2.30. The summed E-state index contributed by atoms with van der Waals surface area (Å²) < 4.78 is 16.9. The van der Waals surface area contributed by atoms with E-state index in [1.165, 1.54) is 238 Å². The maximum absolute atomic E-state index is 12.9. The van der Waals surface area contributed by atoms with Crippen molar-refractivity contribution in [3.05, 3.63) is 24.3 Å². The zero-order chi connectivity index (χ0) is 49.3. The summed E-state index contributed by atoms with van der Waals surface area (Å²) in [5.74, 6) is -0.855. The molecule has 0 aromatic carbocycles. The van der Waals surface area contributed by atoms with Crippen LogP contribution in [0.3, 0.4) is 0 Å². The molecule has 0 radical (unpaired) electrons. The van der Waals surface area contributed by atoms with E-state index < -0.39 is 6.10 Å². The Kier molecular flexibility index (Phi) is 55.7. The lowest BCUT2D eigenvalue weighted by atomic mass is 10.0. The van der Waals surface area contributed by atoms with Gasteiger partial charge in [-0.25, -0.2) is 0 Å². The van der Waals surface area contributed by atoms with Crippen molar-refractivity contribution in [1.82, 2.24) is 0 Å². The molecule has 0 aliphatic carbocycles. The number of carbonyl (C=O) groups is 3. The number of allylic oxidation sites excluding steroid dienone is 4. The lowest BCUT2D eigenvalue weighted by molar-refractivity contribution is -0.167. The largest absolute Gasteiger partial charge is 0.462 e. The van der Waals surface area contributed by atoms with E-state index in [-0.39, 0.29) is 31.1 Å². The molecule has 0 bridgehead atoms. The Morgan fingerprint density at radius 1 is 0.279 bits per heavy atom. The van der Waals surface area contributed by atoms with Crippen LogP contribution in [0, 0.1) is 0 Å². The smallest absolute Gasteiger partial charge is 0.306 e. The highest BCUT2D eigenvalue weighted by atomic mass is 16.6. The van der Waals surface area contributed by atoms with Crippen LogP contribution in [0.2, 0.25) is 0 Å². The molecule has 0 amide bonds. The van der Waals surface area contributed by atoms with Crippen LogP contribution in [0.5, 0.6) is 0 Å². The number of hydrogen-bond acceptors (Lipinski definition) is 6. The van der Waals surface area contributed by atoms with Gasteiger partial charge in [-0.1, -0.05) is 270 Å². The third-order valence-corrected chi connectivity index (χ3v) is 13.7. The Bertz CT molecular complexity index is 1100. The van der Waals surface area contributed by atoms with Gasteiger partial charge in [-0.15, -0.1) is 0 Å². The minimum Gasteiger partial charge on any atom is -0.462 e. The molecule has 0 aromatic heterocycles. The Morgan fingerprint density at radius 3 is 0.735 bits per heavy atom. The number of ether oxygens (including phenoxy) is 3. The van der Waals surface area contributed by atoms with Gasteiger partial charge in [-0.05, 0) is 70.6 Å². The van der Waals surface area contributed by atoms with E-state index >= 15 is 0 Å². The predicted octanol–water partition coefficient (Wildman–Crippen LogP) is 20.3. The first kappa shape index (κ1) is 65.9. The van der Waals surface area contributed by atoms with Crippen LogP contribution in [-0.2, 0) is 28.6 Å². The van der Waals surface area contributed by atoms with Crippen LogP contribution in [0.15, 0.2) is 24.3 Å². The van der Waals surface area contributed by atoms with E-state index in [1.807, 2.05) is 0 Å². The number of rotatable bonds is 56. The van der Waals surface area contributed by atoms with Crippen molar-refractivity contribution in [2.75, 3.05) is 13.2 Å². The van der Waals surface area contributed by atoms with Gasteiger partial charge < -0.3 is 14.2 Å². The molecule has 0 rings (SSSR count). The van der Waals surface area contributed by atoms with E-state index in [2.05, 4.69) is 45.1 Å². The molecule has 6 heteroatoms. The molecule has 0 saturated heterocycles. The SMILES string of the molecule is CCCCCCCC/C=C/CCCCCCCCCC(=O)OC[C@@H](COC(=O)CCCCCCCCCCCCCCCCCC)OC(=O)CCCCCCCCC/C=C/CCCCCCCC. The maximum Gasteiger partial charge on any atom is 0.306 e. The van der Waals surface area contributed by atoms with E-state index in [0.29, 0.717) is 19.3 Å². The molecular weight excluding hydrogens is 841 g/mol. The number of esters is 3. The molecular formula is C62H116O6. The second-order valence-corrected chi connectivity index (χ2v) is 20.6. The van der Waals surface area contributed by atoms with Gasteiger partial charge in [0.1, 0.15) is 13.2 Å². The molecule has 0 aliphatic heterocycles. The predicted molar refractivity (Wildman–Crippen MR) is 293 cm³/mol. The van der Waals surface area contributed by atoms with E-state index in [0.717, 1.165) is 57.8 Å². The molecule has 400 valence electrons. The van der Waals surface area contributed by atoms with Crippen LogP contribution >= 0.6 is 0 Å². The van der Waals surface area contributed by atoms with Crippen molar-refractivity contribution in [2.24, 2.45) is 0 Å². The van der Waals surface area contributed by atoms with Crippen LogP contribution in [0.25, 0.3) is 0 Å². The summed E-state index contributed by atoms with van der Waals surface area (Å²) in [4.78, 5) is 38.2. The van der Waals surface area contributed by atoms with Gasteiger partial charge in [-0.2, -0.15) is 0 Å². The highest BCUT2D eigenvalue weighted by Crippen LogP contribution is 2.17. The molecule has 0 unspecified atom stereocenters. The average Bonchev–Trinajstić information content (AvgIpc) is 3.34. The summed E-state index contributed by atoms with van der Waals surface area (Å²) in [5, 5.41) is 0. The minimum atomic E-state index is -0.772. The van der Waals surface area contributed by atoms with Crippen molar-refractivity contribution in [3.63, 3.8) is 0 Å². The average molecular weight is 958 g/mol. The molecule has 68 heavy (non-hydrogen) atoms. The highest BCUT2D eigenvalue weighted by Gasteiger charge is 2.19. The van der Waals surface area contributed by atoms with Gasteiger partial charge in [0.2, 0.25) is 0 Å². The van der Waals surface area contributed by atoms with E-state index in [1.54, 1.807) is 0 Å². The first-order valence-electron chi connectivity index (χ1n) is 30.3. The molecule has 0 aliphatic rings. The zero-order valence-electron chi connectivity index (χ0n) is 45.9. The Morgan fingerprint density at radius 2 is 0.485 bits per heavy atom. The summed E-state index contributed by atoms with van der Waals surface area (Å²) in [6, 6.07) is 0. The second-order valence-electron chi connectivity index (χ2n) is 20.6. The van der Waals surface area contributed by atoms with Crippen molar-refractivity contribution in [3.8, 4) is 0 Å². The van der Waals surface area contributed by atoms with Crippen molar-refractivity contribution >= 4 is 17.9 Å². The Balaban J connectivity index is 4.34. The third kappa shape index (κ3) is 54.8. The minimum absolute atomic E-state index is 0.0696. The molecule has 0 N–H and O–H groups in total. The Labute approximate surface area is 423 Å². The van der Waals surface area contributed by atoms with Crippen LogP contribution < -0.4 is 0 Å². The van der Waals surface area contributed by atoms with Crippen LogP contribution in [0.4, 0.5) is 0 Å². The molecule has 0 fully saturated rings. The Hall–Kier alpha value is -2.11. The topological polar surface area (TPSA) is 78.9 Å². The van der Waals surface area contributed by atoms with Crippen molar-refractivity contribution in [1.29, 1.82) is 0 Å². The van der Waals surface area contributed by atoms with Gasteiger partial charge >= 0.3 is 17.9 Å². The fourth-order valence-corrected chi connectivity index (χ4v) is 9.08. The number of unbranched alkanes of at least 4 members (excludes halogenated alkanes) is 41. The monoisotopic (exact) mass is 957 g/mol. The summed E-state index contributed by atoms with van der Waals surface area (Å²) in [6.45, 7) is 6.68. The summed E-state index contributed by atoms with van der Waals surface area (Å²) in [6.07, 6.45) is 67.4. The van der Waals surface area contributed by atoms with Gasteiger partial charge in [0.25, 0.3) is 0 Å². The van der Waals surface area contributed by atoms with Crippen molar-refractivity contribution in [2.45, 2.75) is 341 Å². The standard InChI is InChI=1S/C62H116O6/c1-4-7-10-13-16-19-22-25-28-31-34-37-40-43-46-49-52-55-61(64)67-58-59(57-66-60(63)54-51-48-45-42-39-36-33-30-27-24-21-18-15-12-9-6-3)68-62(65)56-53-50-47-44-41-38-35-32-29-26-23-20-17-14-11-8-5-2/h25-26,28-29,59H,4-24,27,30-58H2,1-3H3/b28-25+,29-26+/t59-/m1/s1. The van der Waals surface area contributed by atoms with Gasteiger partial charge in [0.05, 0.1) is 0 Å². The summed E-state index contributed by atoms with van der Waals surface area (Å²) in [7, 11) is 0. The highest BCUT2D eigenvalue weighted by molar-refractivity contribution is 5.71. The number of carbonyl (C=O) groups excluding carboxylic acids is 3. The second kappa shape index (κ2) is 57.5. The molecule has 1 atom stereocenters. The van der Waals surface area contributed by atoms with E-state index in [9.17, 15) is 14.4 Å². The van der Waals surface area contributed by atoms with Gasteiger partial charge in [0, 0.05) is 19.3 Å². The van der Waals surface area contributed by atoms with E-state index in [4.69, 9.17) is 14.2 Å². The zero-order valence-corrected chi connectivity index (χ0v) is 45.9. The fraction of sp³-hybridized carbons (Fsp3) is 0.887. The van der Waals surface area contributed by atoms with Crippen LogP contribution in [0.1, 0.15) is 335 Å². The quantitative estimate of drug-likeness (QED) is 0.0262.